The van der Waals surface area contributed by atoms with Crippen molar-refractivity contribution >= 4 is 43.5 Å². The van der Waals surface area contributed by atoms with Gasteiger partial charge in [0, 0.05) is 44.0 Å². The number of ether oxygens (including phenoxy) is 1. The van der Waals surface area contributed by atoms with Crippen LogP contribution in [0.2, 0.25) is 0 Å². The highest BCUT2D eigenvalue weighted by Crippen LogP contribution is 2.63. The van der Waals surface area contributed by atoms with Crippen LogP contribution in [0.25, 0.3) is 88.4 Å². The molecule has 0 saturated heterocycles. The SMILES string of the molecule is c1ccc(-c2ccc3ccc4ccc(-c5ccc6nc(-c7ccccc7)c7c8c(ccc7c6c5)C5(c6ccccc6O8)c6ccccc6-c6ccccc65)nc4c3n2)cc1. The van der Waals surface area contributed by atoms with Crippen molar-refractivity contribution in [2.75, 3.05) is 0 Å². The monoisotopic (exact) mass is 763 g/mol. The zero-order valence-electron chi connectivity index (χ0n) is 32.3. The molecular formula is C56H33N3O. The van der Waals surface area contributed by atoms with E-state index in [0.29, 0.717) is 0 Å². The molecule has 0 radical (unpaired) electrons. The van der Waals surface area contributed by atoms with Crippen LogP contribution in [0.15, 0.2) is 200 Å². The summed E-state index contributed by atoms with van der Waals surface area (Å²) in [7, 11) is 0. The van der Waals surface area contributed by atoms with Crippen LogP contribution in [-0.4, -0.2) is 15.0 Å². The molecule has 11 aromatic rings. The van der Waals surface area contributed by atoms with Gasteiger partial charge in [0.1, 0.15) is 11.5 Å². The van der Waals surface area contributed by atoms with E-state index in [1.165, 1.54) is 22.3 Å². The lowest BCUT2D eigenvalue weighted by atomic mass is 9.65. The fraction of sp³-hybridized carbons (Fsp3) is 0.0179. The maximum absolute atomic E-state index is 7.20. The third-order valence-corrected chi connectivity index (χ3v) is 12.7. The minimum absolute atomic E-state index is 0.581. The quantitative estimate of drug-likeness (QED) is 0.168. The third-order valence-electron chi connectivity index (χ3n) is 12.7. The van der Waals surface area contributed by atoms with E-state index in [9.17, 15) is 0 Å². The van der Waals surface area contributed by atoms with Crippen LogP contribution in [0, 0.1) is 0 Å². The Morgan fingerprint density at radius 2 is 0.950 bits per heavy atom. The lowest BCUT2D eigenvalue weighted by Crippen LogP contribution is -2.32. The van der Waals surface area contributed by atoms with Crippen molar-refractivity contribution in [3.63, 3.8) is 0 Å². The van der Waals surface area contributed by atoms with E-state index in [2.05, 4.69) is 182 Å². The predicted molar refractivity (Wildman–Crippen MR) is 244 cm³/mol. The highest BCUT2D eigenvalue weighted by molar-refractivity contribution is 6.15. The Morgan fingerprint density at radius 1 is 0.383 bits per heavy atom. The number of pyridine rings is 3. The fourth-order valence-electron chi connectivity index (χ4n) is 10.1. The van der Waals surface area contributed by atoms with Gasteiger partial charge in [-0.3, -0.25) is 0 Å². The molecule has 0 unspecified atom stereocenters. The van der Waals surface area contributed by atoms with Gasteiger partial charge in [0.2, 0.25) is 0 Å². The van der Waals surface area contributed by atoms with Gasteiger partial charge in [-0.05, 0) is 58.0 Å². The van der Waals surface area contributed by atoms with E-state index < -0.39 is 5.41 Å². The Kier molecular flexibility index (Phi) is 6.90. The standard InChI is InChI=1S/C56H33N3O/c1-3-13-34(14-4-1)47-30-25-36-23-24-37-26-31-48(58-54(37)53(36)57-47)38-27-32-49-42(33-38)41-28-29-46-55(51(41)52(59-49)35-15-5-2-6-16-35)60-50-22-12-11-21-45(50)56(46)43-19-9-7-17-39(43)40-18-8-10-20-44(40)56/h1-33H. The molecule has 3 aromatic heterocycles. The molecule has 0 saturated carbocycles. The molecule has 13 rings (SSSR count). The first-order valence-electron chi connectivity index (χ1n) is 20.4. The minimum atomic E-state index is -0.581. The summed E-state index contributed by atoms with van der Waals surface area (Å²) in [5.41, 5.74) is 15.2. The Morgan fingerprint density at radius 3 is 1.63 bits per heavy atom. The summed E-state index contributed by atoms with van der Waals surface area (Å²) in [6, 6.07) is 71.1. The van der Waals surface area contributed by atoms with Gasteiger partial charge in [-0.15, -0.1) is 0 Å². The molecular weight excluding hydrogens is 731 g/mol. The van der Waals surface area contributed by atoms with E-state index in [1.807, 2.05) is 18.2 Å². The Bertz CT molecular complexity index is 3530. The normalized spacial score (nSPS) is 13.3. The molecule has 60 heavy (non-hydrogen) atoms. The smallest absolute Gasteiger partial charge is 0.142 e. The highest BCUT2D eigenvalue weighted by atomic mass is 16.5. The van der Waals surface area contributed by atoms with Gasteiger partial charge >= 0.3 is 0 Å². The van der Waals surface area contributed by atoms with Gasteiger partial charge in [0.15, 0.2) is 0 Å². The van der Waals surface area contributed by atoms with Crippen LogP contribution >= 0.6 is 0 Å². The second-order valence-corrected chi connectivity index (χ2v) is 15.8. The minimum Gasteiger partial charge on any atom is -0.456 e. The summed E-state index contributed by atoms with van der Waals surface area (Å²) >= 11 is 0. The summed E-state index contributed by atoms with van der Waals surface area (Å²) in [5.74, 6) is 1.69. The molecule has 2 aliphatic rings. The zero-order valence-corrected chi connectivity index (χ0v) is 32.3. The van der Waals surface area contributed by atoms with Crippen LogP contribution in [0.4, 0.5) is 0 Å². The molecule has 4 heteroatoms. The molecule has 8 aromatic carbocycles. The first kappa shape index (κ1) is 33.1. The Balaban J connectivity index is 1.08. The van der Waals surface area contributed by atoms with Crippen molar-refractivity contribution in [3.8, 4) is 56.4 Å². The van der Waals surface area contributed by atoms with Crippen LogP contribution < -0.4 is 4.74 Å². The van der Waals surface area contributed by atoms with Gasteiger partial charge < -0.3 is 4.74 Å². The van der Waals surface area contributed by atoms with Crippen molar-refractivity contribution in [2.45, 2.75) is 5.41 Å². The first-order chi connectivity index (χ1) is 29.7. The molecule has 4 nitrogen and oxygen atoms in total. The largest absolute Gasteiger partial charge is 0.456 e. The Labute approximate surface area is 346 Å². The molecule has 1 aliphatic heterocycles. The summed E-state index contributed by atoms with van der Waals surface area (Å²) in [6.07, 6.45) is 0. The second kappa shape index (κ2) is 12.5. The molecule has 1 spiro atoms. The molecule has 0 bridgehead atoms. The van der Waals surface area contributed by atoms with Gasteiger partial charge in [0.25, 0.3) is 0 Å². The number of nitrogens with zero attached hydrogens (tertiary/aromatic N) is 3. The fourth-order valence-corrected chi connectivity index (χ4v) is 10.1. The van der Waals surface area contributed by atoms with E-state index >= 15 is 0 Å². The molecule has 0 atom stereocenters. The van der Waals surface area contributed by atoms with E-state index in [4.69, 9.17) is 19.7 Å². The maximum Gasteiger partial charge on any atom is 0.142 e. The van der Waals surface area contributed by atoms with Crippen LogP contribution in [-0.2, 0) is 5.41 Å². The van der Waals surface area contributed by atoms with E-state index in [0.717, 1.165) is 99.9 Å². The molecule has 1 aliphatic carbocycles. The first-order valence-corrected chi connectivity index (χ1v) is 20.4. The molecule has 0 fully saturated rings. The predicted octanol–water partition coefficient (Wildman–Crippen LogP) is 14.0. The summed E-state index contributed by atoms with van der Waals surface area (Å²) in [4.78, 5) is 16.0. The number of rotatable bonds is 3. The van der Waals surface area contributed by atoms with Gasteiger partial charge in [0.05, 0.1) is 44.4 Å². The van der Waals surface area contributed by atoms with E-state index in [-0.39, 0.29) is 0 Å². The Hall–Kier alpha value is -7.95. The molecule has 4 heterocycles. The number of fused-ring (bicyclic) bond motifs is 16. The van der Waals surface area contributed by atoms with Gasteiger partial charge in [-0.25, -0.2) is 15.0 Å². The summed E-state index contributed by atoms with van der Waals surface area (Å²) in [6.45, 7) is 0. The number of hydrogen-bond acceptors (Lipinski definition) is 4. The number of benzene rings is 8. The van der Waals surface area contributed by atoms with Crippen molar-refractivity contribution in [3.05, 3.63) is 222 Å². The third kappa shape index (κ3) is 4.59. The van der Waals surface area contributed by atoms with Crippen LogP contribution in [0.1, 0.15) is 22.3 Å². The average molecular weight is 764 g/mol. The van der Waals surface area contributed by atoms with Gasteiger partial charge in [-0.1, -0.05) is 170 Å². The van der Waals surface area contributed by atoms with Gasteiger partial charge in [-0.2, -0.15) is 0 Å². The maximum atomic E-state index is 7.20. The van der Waals surface area contributed by atoms with Crippen molar-refractivity contribution in [1.29, 1.82) is 0 Å². The zero-order chi connectivity index (χ0) is 39.4. The number of para-hydroxylation sites is 1. The van der Waals surface area contributed by atoms with Crippen molar-refractivity contribution in [2.24, 2.45) is 0 Å². The van der Waals surface area contributed by atoms with Crippen LogP contribution in [0.5, 0.6) is 11.5 Å². The van der Waals surface area contributed by atoms with Crippen molar-refractivity contribution < 1.29 is 4.74 Å². The number of aromatic nitrogens is 3. The topological polar surface area (TPSA) is 47.9 Å². The molecule has 278 valence electrons. The van der Waals surface area contributed by atoms with Crippen molar-refractivity contribution in [1.82, 2.24) is 15.0 Å². The lowest BCUT2D eigenvalue weighted by molar-refractivity contribution is 0.442. The molecule has 0 N–H and O–H groups in total. The molecule has 0 amide bonds. The van der Waals surface area contributed by atoms with E-state index in [1.54, 1.807) is 0 Å². The van der Waals surface area contributed by atoms with Crippen LogP contribution in [0.3, 0.4) is 0 Å². The lowest BCUT2D eigenvalue weighted by Gasteiger charge is -2.40. The summed E-state index contributed by atoms with van der Waals surface area (Å²) in [5, 5.41) is 5.23. The average Bonchev–Trinajstić information content (AvgIpc) is 3.61. The second-order valence-electron chi connectivity index (χ2n) is 15.8. The highest BCUT2D eigenvalue weighted by Gasteiger charge is 2.51. The number of hydrogen-bond donors (Lipinski definition) is 0. The summed E-state index contributed by atoms with van der Waals surface area (Å²) < 4.78 is 7.20.